The normalized spacial score (nSPS) is 16.0. The molecule has 1 saturated heterocycles. The van der Waals surface area contributed by atoms with Crippen molar-refractivity contribution in [1.29, 1.82) is 0 Å². The Balaban J connectivity index is 1.38. The van der Waals surface area contributed by atoms with Gasteiger partial charge in [0.1, 0.15) is 5.65 Å². The van der Waals surface area contributed by atoms with Crippen LogP contribution in [0.1, 0.15) is 11.3 Å². The van der Waals surface area contributed by atoms with Gasteiger partial charge in [0.25, 0.3) is 0 Å². The Morgan fingerprint density at radius 3 is 2.58 bits per heavy atom. The number of imidazole rings is 1. The van der Waals surface area contributed by atoms with Gasteiger partial charge >= 0.3 is 0 Å². The molecule has 5 nitrogen and oxygen atoms in total. The smallest absolute Gasteiger partial charge is 0.237 e. The van der Waals surface area contributed by atoms with Crippen LogP contribution in [-0.2, 0) is 17.9 Å². The van der Waals surface area contributed by atoms with Crippen LogP contribution in [0.3, 0.4) is 0 Å². The quantitative estimate of drug-likeness (QED) is 0.740. The van der Waals surface area contributed by atoms with E-state index < -0.39 is 0 Å². The fourth-order valence-corrected chi connectivity index (χ4v) is 3.16. The maximum atomic E-state index is 12.4. The number of aromatic nitrogens is 2. The summed E-state index contributed by atoms with van der Waals surface area (Å²) >= 11 is 0. The lowest BCUT2D eigenvalue weighted by molar-refractivity contribution is -0.136. The van der Waals surface area contributed by atoms with Crippen molar-refractivity contribution in [2.45, 2.75) is 13.1 Å². The topological polar surface area (TPSA) is 40.9 Å². The summed E-state index contributed by atoms with van der Waals surface area (Å²) in [6.07, 6.45) is 4.03. The lowest BCUT2D eigenvalue weighted by Crippen LogP contribution is -2.49. The molecule has 1 aliphatic heterocycles. The zero-order valence-corrected chi connectivity index (χ0v) is 13.5. The van der Waals surface area contributed by atoms with Gasteiger partial charge in [0, 0.05) is 38.6 Å². The molecule has 1 aromatic carbocycles. The van der Waals surface area contributed by atoms with Crippen molar-refractivity contribution >= 4 is 11.6 Å². The molecule has 0 N–H and O–H groups in total. The fraction of sp³-hybridized carbons (Fsp3) is 0.263. The van der Waals surface area contributed by atoms with Gasteiger partial charge in [-0.1, -0.05) is 36.4 Å². The van der Waals surface area contributed by atoms with E-state index in [1.54, 1.807) is 0 Å². The van der Waals surface area contributed by atoms with Gasteiger partial charge in [-0.15, -0.1) is 0 Å². The van der Waals surface area contributed by atoms with Crippen LogP contribution in [0.4, 0.5) is 0 Å². The number of carbonyl (C=O) groups excluding carboxylic acids is 1. The van der Waals surface area contributed by atoms with Crippen LogP contribution in [0.2, 0.25) is 0 Å². The maximum absolute atomic E-state index is 12.4. The monoisotopic (exact) mass is 320 g/mol. The van der Waals surface area contributed by atoms with E-state index in [9.17, 15) is 4.79 Å². The molecule has 0 aliphatic carbocycles. The third-order valence-corrected chi connectivity index (χ3v) is 4.41. The van der Waals surface area contributed by atoms with E-state index in [0.717, 1.165) is 24.4 Å². The molecule has 0 saturated carbocycles. The Hall–Kier alpha value is -2.66. The van der Waals surface area contributed by atoms with Crippen LogP contribution in [0.5, 0.6) is 0 Å². The van der Waals surface area contributed by atoms with Crippen molar-refractivity contribution in [3.8, 4) is 0 Å². The van der Waals surface area contributed by atoms with Crippen LogP contribution in [-0.4, -0.2) is 44.7 Å². The zero-order valence-electron chi connectivity index (χ0n) is 13.5. The van der Waals surface area contributed by atoms with Crippen molar-refractivity contribution in [3.63, 3.8) is 0 Å². The van der Waals surface area contributed by atoms with Crippen molar-refractivity contribution in [2.75, 3.05) is 19.6 Å². The highest BCUT2D eigenvalue weighted by molar-refractivity contribution is 5.79. The first-order valence-electron chi connectivity index (χ1n) is 8.24. The molecule has 1 fully saturated rings. The zero-order chi connectivity index (χ0) is 16.4. The minimum atomic E-state index is 0.189. The molecule has 3 heterocycles. The summed E-state index contributed by atoms with van der Waals surface area (Å²) in [7, 11) is 0. The minimum Gasteiger partial charge on any atom is -0.336 e. The number of rotatable bonds is 4. The van der Waals surface area contributed by atoms with E-state index in [-0.39, 0.29) is 5.91 Å². The Morgan fingerprint density at radius 2 is 1.79 bits per heavy atom. The third kappa shape index (κ3) is 3.16. The lowest BCUT2D eigenvalue weighted by atomic mass is 10.2. The van der Waals surface area contributed by atoms with E-state index in [1.807, 2.05) is 58.1 Å². The lowest BCUT2D eigenvalue weighted by Gasteiger charge is -2.34. The molecule has 3 aromatic rings. The summed E-state index contributed by atoms with van der Waals surface area (Å²) < 4.78 is 2.02. The number of fused-ring (bicyclic) bond motifs is 1. The Morgan fingerprint density at radius 1 is 0.958 bits per heavy atom. The summed E-state index contributed by atoms with van der Waals surface area (Å²) in [6, 6.07) is 16.1. The molecule has 2 aromatic heterocycles. The van der Waals surface area contributed by atoms with Crippen molar-refractivity contribution in [2.24, 2.45) is 0 Å². The third-order valence-electron chi connectivity index (χ3n) is 4.41. The van der Waals surface area contributed by atoms with Gasteiger partial charge in [0.15, 0.2) is 0 Å². The number of benzene rings is 1. The molecular formula is C19H20N4O. The number of nitrogens with zero attached hydrogens (tertiary/aromatic N) is 4. The highest BCUT2D eigenvalue weighted by Crippen LogP contribution is 2.13. The van der Waals surface area contributed by atoms with E-state index in [2.05, 4.69) is 22.0 Å². The van der Waals surface area contributed by atoms with E-state index in [1.165, 1.54) is 5.56 Å². The van der Waals surface area contributed by atoms with Crippen LogP contribution in [0.15, 0.2) is 60.9 Å². The SMILES string of the molecule is O=C1CN(Cc2cn3ccccc3n2)CCN1Cc1ccccc1. The number of hydrogen-bond donors (Lipinski definition) is 0. The standard InChI is InChI=1S/C19H20N4O/c24-19-15-21(10-11-23(19)12-16-6-2-1-3-7-16)13-17-14-22-9-5-4-8-18(22)20-17/h1-9,14H,10-13,15H2. The number of piperazine rings is 1. The maximum Gasteiger partial charge on any atom is 0.237 e. The fourth-order valence-electron chi connectivity index (χ4n) is 3.16. The molecule has 1 aliphatic rings. The summed E-state index contributed by atoms with van der Waals surface area (Å²) in [6.45, 7) is 3.52. The van der Waals surface area contributed by atoms with Gasteiger partial charge in [-0.25, -0.2) is 4.98 Å². The summed E-state index contributed by atoms with van der Waals surface area (Å²) in [5.74, 6) is 0.189. The second-order valence-electron chi connectivity index (χ2n) is 6.21. The second-order valence-corrected chi connectivity index (χ2v) is 6.21. The molecule has 0 unspecified atom stereocenters. The first kappa shape index (κ1) is 14.9. The number of carbonyl (C=O) groups is 1. The highest BCUT2D eigenvalue weighted by Gasteiger charge is 2.24. The van der Waals surface area contributed by atoms with Gasteiger partial charge in [-0.2, -0.15) is 0 Å². The molecule has 5 heteroatoms. The Bertz CT molecular complexity index is 810. The molecule has 4 rings (SSSR count). The number of pyridine rings is 1. The van der Waals surface area contributed by atoms with Gasteiger partial charge < -0.3 is 9.30 Å². The first-order valence-corrected chi connectivity index (χ1v) is 8.24. The average Bonchev–Trinajstić information content (AvgIpc) is 3.00. The minimum absolute atomic E-state index is 0.189. The highest BCUT2D eigenvalue weighted by atomic mass is 16.2. The van der Waals surface area contributed by atoms with E-state index in [0.29, 0.717) is 19.6 Å². The van der Waals surface area contributed by atoms with Crippen LogP contribution in [0, 0.1) is 0 Å². The van der Waals surface area contributed by atoms with E-state index in [4.69, 9.17) is 0 Å². The number of hydrogen-bond acceptors (Lipinski definition) is 3. The van der Waals surface area contributed by atoms with Crippen molar-refractivity contribution in [3.05, 3.63) is 72.2 Å². The Labute approximate surface area is 141 Å². The summed E-state index contributed by atoms with van der Waals surface area (Å²) in [4.78, 5) is 21.2. The molecule has 1 amide bonds. The largest absolute Gasteiger partial charge is 0.336 e. The predicted molar refractivity (Wildman–Crippen MR) is 92.3 cm³/mol. The van der Waals surface area contributed by atoms with Gasteiger partial charge in [-0.3, -0.25) is 9.69 Å². The van der Waals surface area contributed by atoms with Crippen molar-refractivity contribution < 1.29 is 4.79 Å². The summed E-state index contributed by atoms with van der Waals surface area (Å²) in [5.41, 5.74) is 3.13. The second kappa shape index (κ2) is 6.45. The molecule has 122 valence electrons. The van der Waals surface area contributed by atoms with Gasteiger partial charge in [-0.05, 0) is 17.7 Å². The molecule has 0 atom stereocenters. The van der Waals surface area contributed by atoms with Crippen LogP contribution in [0.25, 0.3) is 5.65 Å². The number of amides is 1. The molecular weight excluding hydrogens is 300 g/mol. The van der Waals surface area contributed by atoms with Crippen molar-refractivity contribution in [1.82, 2.24) is 19.2 Å². The Kier molecular flexibility index (Phi) is 4.01. The van der Waals surface area contributed by atoms with Crippen LogP contribution < -0.4 is 0 Å². The molecule has 0 radical (unpaired) electrons. The average molecular weight is 320 g/mol. The molecule has 0 bridgehead atoms. The van der Waals surface area contributed by atoms with Gasteiger partial charge in [0.2, 0.25) is 5.91 Å². The van der Waals surface area contributed by atoms with Gasteiger partial charge in [0.05, 0.1) is 12.2 Å². The molecule has 24 heavy (non-hydrogen) atoms. The summed E-state index contributed by atoms with van der Waals surface area (Å²) in [5, 5.41) is 0. The first-order chi connectivity index (χ1) is 11.8. The van der Waals surface area contributed by atoms with Crippen LogP contribution >= 0.6 is 0 Å². The van der Waals surface area contributed by atoms with E-state index >= 15 is 0 Å². The predicted octanol–water partition coefficient (Wildman–Crippen LogP) is 2.18. The molecule has 0 spiro atoms.